The third-order valence-electron chi connectivity index (χ3n) is 3.65. The van der Waals surface area contributed by atoms with Crippen LogP contribution < -0.4 is 10.9 Å². The number of anilines is 1. The molecule has 0 radical (unpaired) electrons. The van der Waals surface area contributed by atoms with E-state index in [-0.39, 0.29) is 11.3 Å². The van der Waals surface area contributed by atoms with Crippen LogP contribution >= 0.6 is 15.9 Å². The zero-order valence-corrected chi connectivity index (χ0v) is 14.7. The van der Waals surface area contributed by atoms with Crippen molar-refractivity contribution in [1.29, 1.82) is 0 Å². The van der Waals surface area contributed by atoms with Crippen molar-refractivity contribution in [3.8, 4) is 0 Å². The monoisotopic (exact) mass is 400 g/mol. The summed E-state index contributed by atoms with van der Waals surface area (Å²) in [6, 6.07) is 16.4. The second-order valence-electron chi connectivity index (χ2n) is 5.42. The van der Waals surface area contributed by atoms with Gasteiger partial charge in [0.15, 0.2) is 0 Å². The molecule has 0 fully saturated rings. The van der Waals surface area contributed by atoms with Crippen LogP contribution in [0.25, 0.3) is 0 Å². The van der Waals surface area contributed by atoms with E-state index in [4.69, 9.17) is 0 Å². The van der Waals surface area contributed by atoms with Crippen LogP contribution in [0.15, 0.2) is 76.1 Å². The number of para-hydroxylation sites is 1. The number of nitrogens with zero attached hydrogens (tertiary/aromatic N) is 1. The lowest BCUT2D eigenvalue weighted by Gasteiger charge is -2.09. The number of hydrogen-bond acceptors (Lipinski definition) is 2. The van der Waals surface area contributed by atoms with Gasteiger partial charge in [0, 0.05) is 10.7 Å². The van der Waals surface area contributed by atoms with E-state index in [9.17, 15) is 14.0 Å². The molecule has 4 nitrogen and oxygen atoms in total. The molecule has 0 saturated carbocycles. The van der Waals surface area contributed by atoms with Crippen molar-refractivity contribution in [2.45, 2.75) is 6.54 Å². The lowest BCUT2D eigenvalue weighted by molar-refractivity contribution is 0.102. The molecule has 0 atom stereocenters. The summed E-state index contributed by atoms with van der Waals surface area (Å²) < 4.78 is 16.1. The molecule has 6 heteroatoms. The smallest absolute Gasteiger partial charge is 0.263 e. The maximum atomic E-state index is 13.7. The zero-order valence-electron chi connectivity index (χ0n) is 13.1. The van der Waals surface area contributed by atoms with Crippen molar-refractivity contribution < 1.29 is 9.18 Å². The number of carbonyl (C=O) groups excluding carboxylic acids is 1. The topological polar surface area (TPSA) is 51.1 Å². The van der Waals surface area contributed by atoms with Gasteiger partial charge in [0.05, 0.1) is 12.2 Å². The van der Waals surface area contributed by atoms with E-state index in [1.165, 1.54) is 28.8 Å². The summed E-state index contributed by atoms with van der Waals surface area (Å²) in [4.78, 5) is 24.9. The minimum atomic E-state index is -0.639. The number of rotatable bonds is 4. The second kappa shape index (κ2) is 7.44. The normalized spacial score (nSPS) is 10.5. The van der Waals surface area contributed by atoms with Gasteiger partial charge in [-0.3, -0.25) is 9.59 Å². The molecule has 3 aromatic rings. The van der Waals surface area contributed by atoms with E-state index in [0.717, 1.165) is 10.0 Å². The first kappa shape index (κ1) is 17.1. The predicted octanol–water partition coefficient (Wildman–Crippen LogP) is 4.05. The second-order valence-corrected chi connectivity index (χ2v) is 6.33. The largest absolute Gasteiger partial charge is 0.319 e. The van der Waals surface area contributed by atoms with E-state index in [1.807, 2.05) is 24.3 Å². The SMILES string of the molecule is O=C(Nc1ccccc1F)c1cccn(Cc2ccc(Br)cc2)c1=O. The van der Waals surface area contributed by atoms with E-state index in [0.29, 0.717) is 6.54 Å². The summed E-state index contributed by atoms with van der Waals surface area (Å²) in [5, 5.41) is 2.43. The molecular weight excluding hydrogens is 387 g/mol. The third-order valence-corrected chi connectivity index (χ3v) is 4.18. The standard InChI is InChI=1S/C19H14BrFN2O2/c20-14-9-7-13(8-10-14)12-23-11-3-4-15(19(23)25)18(24)22-17-6-2-1-5-16(17)21/h1-11H,12H2,(H,22,24). The molecule has 0 aliphatic rings. The van der Waals surface area contributed by atoms with Gasteiger partial charge < -0.3 is 9.88 Å². The highest BCUT2D eigenvalue weighted by Gasteiger charge is 2.14. The fraction of sp³-hybridized carbons (Fsp3) is 0.0526. The quantitative estimate of drug-likeness (QED) is 0.717. The van der Waals surface area contributed by atoms with Crippen LogP contribution in [0.1, 0.15) is 15.9 Å². The highest BCUT2D eigenvalue weighted by atomic mass is 79.9. The minimum absolute atomic E-state index is 0.0372. The van der Waals surface area contributed by atoms with Gasteiger partial charge in [-0.15, -0.1) is 0 Å². The minimum Gasteiger partial charge on any atom is -0.319 e. The number of hydrogen-bond donors (Lipinski definition) is 1. The molecule has 0 saturated heterocycles. The summed E-state index contributed by atoms with van der Waals surface area (Å²) in [6.45, 7) is 0.340. The lowest BCUT2D eigenvalue weighted by Crippen LogP contribution is -2.29. The predicted molar refractivity (Wildman–Crippen MR) is 98.3 cm³/mol. The highest BCUT2D eigenvalue weighted by Crippen LogP contribution is 2.14. The Kier molecular flexibility index (Phi) is 5.09. The molecule has 25 heavy (non-hydrogen) atoms. The van der Waals surface area contributed by atoms with Crippen LogP contribution in [-0.2, 0) is 6.54 Å². The van der Waals surface area contributed by atoms with Gasteiger partial charge in [-0.05, 0) is 42.0 Å². The molecular formula is C19H14BrFN2O2. The Morgan fingerprint density at radius 3 is 2.48 bits per heavy atom. The molecule has 0 bridgehead atoms. The summed E-state index contributed by atoms with van der Waals surface area (Å²) in [6.07, 6.45) is 1.62. The van der Waals surface area contributed by atoms with Crippen LogP contribution in [0.5, 0.6) is 0 Å². The Hall–Kier alpha value is -2.73. The third kappa shape index (κ3) is 4.03. The molecule has 3 rings (SSSR count). The summed E-state index contributed by atoms with van der Waals surface area (Å²) in [7, 11) is 0. The first-order chi connectivity index (χ1) is 12.0. The van der Waals surface area contributed by atoms with Crippen LogP contribution in [0, 0.1) is 5.82 Å². The maximum Gasteiger partial charge on any atom is 0.263 e. The molecule has 0 spiro atoms. The van der Waals surface area contributed by atoms with Crippen LogP contribution in [0.2, 0.25) is 0 Å². The average Bonchev–Trinajstić information content (AvgIpc) is 2.60. The number of benzene rings is 2. The van der Waals surface area contributed by atoms with Crippen molar-refractivity contribution in [3.05, 3.63) is 98.6 Å². The zero-order chi connectivity index (χ0) is 17.8. The van der Waals surface area contributed by atoms with Gasteiger partial charge in [-0.1, -0.05) is 40.2 Å². The molecule has 126 valence electrons. The fourth-order valence-electron chi connectivity index (χ4n) is 2.37. The van der Waals surface area contributed by atoms with Gasteiger partial charge in [0.25, 0.3) is 11.5 Å². The molecule has 1 aromatic heterocycles. The van der Waals surface area contributed by atoms with E-state index >= 15 is 0 Å². The van der Waals surface area contributed by atoms with Gasteiger partial charge in [0.2, 0.25) is 0 Å². The number of nitrogens with one attached hydrogen (secondary N) is 1. The van der Waals surface area contributed by atoms with E-state index in [2.05, 4.69) is 21.2 Å². The van der Waals surface area contributed by atoms with Crippen molar-refractivity contribution in [2.75, 3.05) is 5.32 Å². The summed E-state index contributed by atoms with van der Waals surface area (Å²) in [5.41, 5.74) is 0.495. The number of carbonyl (C=O) groups is 1. The Morgan fingerprint density at radius 1 is 1.04 bits per heavy atom. The first-order valence-corrected chi connectivity index (χ1v) is 8.33. The fourth-order valence-corrected chi connectivity index (χ4v) is 2.64. The molecule has 0 unspecified atom stereocenters. The molecule has 1 amide bonds. The highest BCUT2D eigenvalue weighted by molar-refractivity contribution is 9.10. The maximum absolute atomic E-state index is 13.7. The number of amides is 1. The lowest BCUT2D eigenvalue weighted by atomic mass is 10.2. The molecule has 0 aliphatic heterocycles. The first-order valence-electron chi connectivity index (χ1n) is 7.54. The van der Waals surface area contributed by atoms with Gasteiger partial charge >= 0.3 is 0 Å². The molecule has 2 aromatic carbocycles. The molecule has 0 aliphatic carbocycles. The summed E-state index contributed by atoms with van der Waals surface area (Å²) >= 11 is 3.36. The van der Waals surface area contributed by atoms with Crippen molar-refractivity contribution in [1.82, 2.24) is 4.57 Å². The summed E-state index contributed by atoms with van der Waals surface area (Å²) in [5.74, 6) is -1.19. The van der Waals surface area contributed by atoms with Gasteiger partial charge in [0.1, 0.15) is 11.4 Å². The van der Waals surface area contributed by atoms with Gasteiger partial charge in [-0.25, -0.2) is 4.39 Å². The number of pyridine rings is 1. The van der Waals surface area contributed by atoms with Crippen molar-refractivity contribution in [3.63, 3.8) is 0 Å². The Bertz CT molecular complexity index is 968. The Balaban J connectivity index is 1.85. The van der Waals surface area contributed by atoms with E-state index in [1.54, 1.807) is 18.3 Å². The van der Waals surface area contributed by atoms with Crippen LogP contribution in [-0.4, -0.2) is 10.5 Å². The van der Waals surface area contributed by atoms with E-state index < -0.39 is 17.3 Å². The number of halogens is 2. The average molecular weight is 401 g/mol. The number of aromatic nitrogens is 1. The molecule has 1 heterocycles. The van der Waals surface area contributed by atoms with Crippen molar-refractivity contribution in [2.24, 2.45) is 0 Å². The van der Waals surface area contributed by atoms with Crippen molar-refractivity contribution >= 4 is 27.5 Å². The van der Waals surface area contributed by atoms with Crippen LogP contribution in [0.3, 0.4) is 0 Å². The van der Waals surface area contributed by atoms with Crippen LogP contribution in [0.4, 0.5) is 10.1 Å². The molecule has 1 N–H and O–H groups in total. The Labute approximate surface area is 152 Å². The Morgan fingerprint density at radius 2 is 1.76 bits per heavy atom. The van der Waals surface area contributed by atoms with Gasteiger partial charge in [-0.2, -0.15) is 0 Å².